The number of benzene rings is 1. The van der Waals surface area contributed by atoms with Crippen molar-refractivity contribution in [3.05, 3.63) is 64.4 Å². The second-order valence-electron chi connectivity index (χ2n) is 6.35. The fraction of sp³-hybridized carbons (Fsp3) is 0.389. The molecule has 2 aromatic rings. The number of hydrogen-bond donors (Lipinski definition) is 1. The van der Waals surface area contributed by atoms with Crippen LogP contribution in [0.15, 0.2) is 42.7 Å². The van der Waals surface area contributed by atoms with E-state index in [2.05, 4.69) is 55.3 Å². The van der Waals surface area contributed by atoms with Crippen LogP contribution in [0, 0.1) is 0 Å². The Hall–Kier alpha value is -1.38. The molecule has 2 nitrogen and oxygen atoms in total. The Morgan fingerprint density at radius 3 is 2.52 bits per heavy atom. The molecule has 2 rings (SSSR count). The molecule has 1 aromatic heterocycles. The standard InChI is InChI=1S/C18H23ClN2/c1-18(2,3)15-8-6-5-7-14(15)17(20-4)11-13-9-10-21-12-16(13)19/h5-10,12,17,20H,11H2,1-4H3. The fourth-order valence-electron chi connectivity index (χ4n) is 2.64. The van der Waals surface area contributed by atoms with Crippen molar-refractivity contribution in [2.75, 3.05) is 7.05 Å². The van der Waals surface area contributed by atoms with Gasteiger partial charge in [-0.3, -0.25) is 4.98 Å². The Balaban J connectivity index is 2.37. The third kappa shape index (κ3) is 3.84. The summed E-state index contributed by atoms with van der Waals surface area (Å²) < 4.78 is 0. The number of nitrogens with one attached hydrogen (secondary N) is 1. The summed E-state index contributed by atoms with van der Waals surface area (Å²) in [6.07, 6.45) is 4.35. The van der Waals surface area contributed by atoms with Crippen molar-refractivity contribution in [1.29, 1.82) is 0 Å². The minimum absolute atomic E-state index is 0.119. The van der Waals surface area contributed by atoms with Gasteiger partial charge < -0.3 is 5.32 Å². The Kier molecular flexibility index (Phi) is 5.02. The molecule has 1 aromatic carbocycles. The molecule has 0 amide bonds. The summed E-state index contributed by atoms with van der Waals surface area (Å²) in [6.45, 7) is 6.74. The molecule has 21 heavy (non-hydrogen) atoms. The molecular formula is C18H23ClN2. The fourth-order valence-corrected chi connectivity index (χ4v) is 2.84. The molecule has 1 unspecified atom stereocenters. The lowest BCUT2D eigenvalue weighted by molar-refractivity contribution is 0.539. The molecular weight excluding hydrogens is 280 g/mol. The number of pyridine rings is 1. The SMILES string of the molecule is CNC(Cc1ccncc1Cl)c1ccccc1C(C)(C)C. The van der Waals surface area contributed by atoms with Crippen LogP contribution in [0.1, 0.15) is 43.5 Å². The maximum absolute atomic E-state index is 6.25. The van der Waals surface area contributed by atoms with Gasteiger partial charge in [0, 0.05) is 18.4 Å². The van der Waals surface area contributed by atoms with E-state index < -0.39 is 0 Å². The van der Waals surface area contributed by atoms with Gasteiger partial charge in [0.15, 0.2) is 0 Å². The van der Waals surface area contributed by atoms with E-state index in [9.17, 15) is 0 Å². The number of hydrogen-bond acceptors (Lipinski definition) is 2. The minimum atomic E-state index is 0.119. The van der Waals surface area contributed by atoms with Gasteiger partial charge in [0.1, 0.15) is 0 Å². The van der Waals surface area contributed by atoms with Gasteiger partial charge in [0.05, 0.1) is 5.02 Å². The van der Waals surface area contributed by atoms with Crippen molar-refractivity contribution in [2.45, 2.75) is 38.6 Å². The number of nitrogens with zero attached hydrogens (tertiary/aromatic N) is 1. The molecule has 0 saturated heterocycles. The molecule has 0 spiro atoms. The lowest BCUT2D eigenvalue weighted by atomic mass is 9.81. The predicted molar refractivity (Wildman–Crippen MR) is 89.9 cm³/mol. The second kappa shape index (κ2) is 6.59. The summed E-state index contributed by atoms with van der Waals surface area (Å²) in [7, 11) is 2.00. The third-order valence-corrected chi connectivity index (χ3v) is 4.11. The van der Waals surface area contributed by atoms with Crippen molar-refractivity contribution >= 4 is 11.6 Å². The first-order valence-corrected chi connectivity index (χ1v) is 7.66. The van der Waals surface area contributed by atoms with Gasteiger partial charge in [-0.15, -0.1) is 0 Å². The highest BCUT2D eigenvalue weighted by molar-refractivity contribution is 6.31. The van der Waals surface area contributed by atoms with Crippen molar-refractivity contribution in [3.63, 3.8) is 0 Å². The largest absolute Gasteiger partial charge is 0.313 e. The van der Waals surface area contributed by atoms with Crippen LogP contribution in [-0.2, 0) is 11.8 Å². The van der Waals surface area contributed by atoms with Gasteiger partial charge in [0.25, 0.3) is 0 Å². The van der Waals surface area contributed by atoms with Gasteiger partial charge >= 0.3 is 0 Å². The minimum Gasteiger partial charge on any atom is -0.313 e. The highest BCUT2D eigenvalue weighted by atomic mass is 35.5. The number of aromatic nitrogens is 1. The number of likely N-dealkylation sites (N-methyl/N-ethyl adjacent to an activating group) is 1. The highest BCUT2D eigenvalue weighted by Crippen LogP contribution is 2.31. The molecule has 112 valence electrons. The average Bonchev–Trinajstić information content (AvgIpc) is 2.45. The maximum Gasteiger partial charge on any atom is 0.0622 e. The molecule has 0 aliphatic rings. The topological polar surface area (TPSA) is 24.9 Å². The third-order valence-electron chi connectivity index (χ3n) is 3.77. The Labute approximate surface area is 132 Å². The van der Waals surface area contributed by atoms with Crippen LogP contribution in [-0.4, -0.2) is 12.0 Å². The summed E-state index contributed by atoms with van der Waals surface area (Å²) in [5.41, 5.74) is 3.94. The molecule has 0 radical (unpaired) electrons. The first-order valence-electron chi connectivity index (χ1n) is 7.28. The van der Waals surface area contributed by atoms with E-state index in [-0.39, 0.29) is 11.5 Å². The van der Waals surface area contributed by atoms with Crippen LogP contribution in [0.2, 0.25) is 5.02 Å². The summed E-state index contributed by atoms with van der Waals surface area (Å²) in [6, 6.07) is 10.9. The van der Waals surface area contributed by atoms with E-state index in [1.165, 1.54) is 11.1 Å². The number of rotatable bonds is 4. The van der Waals surface area contributed by atoms with Crippen molar-refractivity contribution in [1.82, 2.24) is 10.3 Å². The van der Waals surface area contributed by atoms with E-state index in [4.69, 9.17) is 11.6 Å². The predicted octanol–water partition coefficient (Wildman–Crippen LogP) is 4.54. The normalized spacial score (nSPS) is 13.2. The van der Waals surface area contributed by atoms with Gasteiger partial charge in [-0.2, -0.15) is 0 Å². The van der Waals surface area contributed by atoms with Gasteiger partial charge in [-0.1, -0.05) is 56.6 Å². The zero-order valence-corrected chi connectivity index (χ0v) is 13.9. The molecule has 0 fully saturated rings. The molecule has 0 aliphatic heterocycles. The van der Waals surface area contributed by atoms with Gasteiger partial charge in [0.2, 0.25) is 0 Å². The zero-order valence-electron chi connectivity index (χ0n) is 13.2. The first-order chi connectivity index (χ1) is 9.93. The summed E-state index contributed by atoms with van der Waals surface area (Å²) in [5.74, 6) is 0. The van der Waals surface area contributed by atoms with E-state index in [1.807, 2.05) is 13.1 Å². The quantitative estimate of drug-likeness (QED) is 0.897. The zero-order chi connectivity index (χ0) is 15.5. The average molecular weight is 303 g/mol. The molecule has 1 N–H and O–H groups in total. The lowest BCUT2D eigenvalue weighted by Crippen LogP contribution is -2.24. The highest BCUT2D eigenvalue weighted by Gasteiger charge is 2.22. The maximum atomic E-state index is 6.25. The van der Waals surface area contributed by atoms with Crippen LogP contribution in [0.5, 0.6) is 0 Å². The van der Waals surface area contributed by atoms with Gasteiger partial charge in [-0.25, -0.2) is 0 Å². The Morgan fingerprint density at radius 2 is 1.90 bits per heavy atom. The Morgan fingerprint density at radius 1 is 1.19 bits per heavy atom. The number of halogens is 1. The van der Waals surface area contributed by atoms with Crippen LogP contribution >= 0.6 is 11.6 Å². The monoisotopic (exact) mass is 302 g/mol. The van der Waals surface area contributed by atoms with Crippen LogP contribution in [0.3, 0.4) is 0 Å². The Bertz CT molecular complexity index is 602. The smallest absolute Gasteiger partial charge is 0.0622 e. The van der Waals surface area contributed by atoms with Crippen LogP contribution in [0.4, 0.5) is 0 Å². The van der Waals surface area contributed by atoms with Crippen LogP contribution in [0.25, 0.3) is 0 Å². The molecule has 0 saturated carbocycles. The molecule has 3 heteroatoms. The van der Waals surface area contributed by atoms with Crippen LogP contribution < -0.4 is 5.32 Å². The van der Waals surface area contributed by atoms with E-state index in [0.717, 1.165) is 17.0 Å². The van der Waals surface area contributed by atoms with Crippen molar-refractivity contribution < 1.29 is 0 Å². The summed E-state index contributed by atoms with van der Waals surface area (Å²) >= 11 is 6.25. The van der Waals surface area contributed by atoms with Gasteiger partial charge in [-0.05, 0) is 41.6 Å². The molecule has 0 bridgehead atoms. The molecule has 1 atom stereocenters. The van der Waals surface area contributed by atoms with E-state index in [1.54, 1.807) is 12.4 Å². The second-order valence-corrected chi connectivity index (χ2v) is 6.76. The lowest BCUT2D eigenvalue weighted by Gasteiger charge is -2.27. The summed E-state index contributed by atoms with van der Waals surface area (Å²) in [5, 5.41) is 4.16. The van der Waals surface area contributed by atoms with E-state index in [0.29, 0.717) is 0 Å². The first kappa shape index (κ1) is 16.0. The van der Waals surface area contributed by atoms with E-state index >= 15 is 0 Å². The van der Waals surface area contributed by atoms with Crippen molar-refractivity contribution in [3.8, 4) is 0 Å². The molecule has 0 aliphatic carbocycles. The van der Waals surface area contributed by atoms with Crippen molar-refractivity contribution in [2.24, 2.45) is 0 Å². The molecule has 1 heterocycles. The summed E-state index contributed by atoms with van der Waals surface area (Å²) in [4.78, 5) is 4.06.